The van der Waals surface area contributed by atoms with Gasteiger partial charge in [0.1, 0.15) is 0 Å². The molecule has 0 aromatic heterocycles. The lowest BCUT2D eigenvalue weighted by molar-refractivity contribution is 0.0697. The molecule has 5 heteroatoms. The molecule has 4 aromatic rings. The second-order valence-electron chi connectivity index (χ2n) is 8.24. The molecule has 0 aliphatic carbocycles. The average Bonchev–Trinajstić information content (AvgIpc) is 2.88. The van der Waals surface area contributed by atoms with E-state index in [1.165, 1.54) is 11.6 Å². The lowest BCUT2D eigenvalue weighted by Gasteiger charge is -2.21. The van der Waals surface area contributed by atoms with Crippen molar-refractivity contribution in [2.75, 3.05) is 23.9 Å². The monoisotopic (exact) mass is 450 g/mol. The van der Waals surface area contributed by atoms with E-state index >= 15 is 0 Å². The molecule has 0 amide bonds. The highest BCUT2D eigenvalue weighted by atomic mass is 16.4. The Labute approximate surface area is 199 Å². The molecule has 4 rings (SSSR count). The minimum atomic E-state index is -1.08. The van der Waals surface area contributed by atoms with Crippen molar-refractivity contribution in [1.29, 1.82) is 0 Å². The molecule has 0 heterocycles. The van der Waals surface area contributed by atoms with Gasteiger partial charge in [-0.3, -0.25) is 4.79 Å². The van der Waals surface area contributed by atoms with E-state index in [2.05, 4.69) is 24.3 Å². The summed E-state index contributed by atoms with van der Waals surface area (Å²) in [6.45, 7) is 2.05. The number of aryl methyl sites for hydroxylation is 1. The summed E-state index contributed by atoms with van der Waals surface area (Å²) in [5, 5.41) is 9.63. The third kappa shape index (κ3) is 4.84. The smallest absolute Gasteiger partial charge is 0.335 e. The van der Waals surface area contributed by atoms with Crippen molar-refractivity contribution >= 4 is 34.5 Å². The van der Waals surface area contributed by atoms with Crippen molar-refractivity contribution in [1.82, 2.24) is 0 Å². The predicted molar refractivity (Wildman–Crippen MR) is 137 cm³/mol. The van der Waals surface area contributed by atoms with Crippen molar-refractivity contribution in [3.05, 3.63) is 119 Å². The van der Waals surface area contributed by atoms with Gasteiger partial charge in [0.15, 0.2) is 5.78 Å². The molecule has 0 spiro atoms. The molecule has 0 saturated heterocycles. The molecule has 0 atom stereocenters. The Morgan fingerprint density at radius 2 is 1.09 bits per heavy atom. The maximum Gasteiger partial charge on any atom is 0.335 e. The number of anilines is 4. The number of carbonyl (C=O) groups is 2. The zero-order valence-corrected chi connectivity index (χ0v) is 19.4. The van der Waals surface area contributed by atoms with Crippen LogP contribution in [0.25, 0.3) is 0 Å². The van der Waals surface area contributed by atoms with E-state index in [0.717, 1.165) is 17.1 Å². The first kappa shape index (κ1) is 22.8. The molecule has 0 bridgehead atoms. The van der Waals surface area contributed by atoms with E-state index in [1.54, 1.807) is 24.3 Å². The highest BCUT2D eigenvalue weighted by Crippen LogP contribution is 2.28. The number of hydrogen-bond acceptors (Lipinski definition) is 4. The molecule has 34 heavy (non-hydrogen) atoms. The first-order valence-corrected chi connectivity index (χ1v) is 11.0. The molecule has 170 valence electrons. The van der Waals surface area contributed by atoms with E-state index in [0.29, 0.717) is 16.8 Å². The Kier molecular flexibility index (Phi) is 6.46. The van der Waals surface area contributed by atoms with Gasteiger partial charge in [-0.1, -0.05) is 35.9 Å². The van der Waals surface area contributed by atoms with Gasteiger partial charge in [-0.05, 0) is 73.7 Å². The van der Waals surface area contributed by atoms with Gasteiger partial charge in [-0.2, -0.15) is 0 Å². The molecule has 0 aliphatic heterocycles. The van der Waals surface area contributed by atoms with Crippen LogP contribution in [-0.2, 0) is 0 Å². The highest BCUT2D eigenvalue weighted by molar-refractivity contribution is 6.10. The lowest BCUT2D eigenvalue weighted by atomic mass is 9.99. The van der Waals surface area contributed by atoms with Crippen LogP contribution in [0, 0.1) is 6.92 Å². The number of aromatic carboxylic acids is 1. The Hall–Kier alpha value is -4.38. The van der Waals surface area contributed by atoms with Gasteiger partial charge in [-0.25, -0.2) is 4.79 Å². The first-order valence-electron chi connectivity index (χ1n) is 11.0. The predicted octanol–water partition coefficient (Wildman–Crippen LogP) is 6.46. The summed E-state index contributed by atoms with van der Waals surface area (Å²) in [7, 11) is 3.82. The fraction of sp³-hybridized carbons (Fsp3) is 0.103. The van der Waals surface area contributed by atoms with Crippen molar-refractivity contribution in [3.8, 4) is 0 Å². The van der Waals surface area contributed by atoms with E-state index in [9.17, 15) is 14.7 Å². The van der Waals surface area contributed by atoms with Gasteiger partial charge in [0, 0.05) is 48.0 Å². The fourth-order valence-corrected chi connectivity index (χ4v) is 3.78. The van der Waals surface area contributed by atoms with E-state index in [4.69, 9.17) is 0 Å². The molecule has 4 aromatic carbocycles. The minimum absolute atomic E-state index is 0.0688. The number of carbonyl (C=O) groups excluding carboxylic acids is 1. The van der Waals surface area contributed by atoms with Crippen molar-refractivity contribution < 1.29 is 14.7 Å². The largest absolute Gasteiger partial charge is 0.478 e. The summed E-state index contributed by atoms with van der Waals surface area (Å²) in [6, 6.07) is 29.9. The topological polar surface area (TPSA) is 60.9 Å². The lowest BCUT2D eigenvalue weighted by Crippen LogP contribution is -2.13. The Morgan fingerprint density at radius 3 is 1.68 bits per heavy atom. The van der Waals surface area contributed by atoms with Crippen LogP contribution >= 0.6 is 0 Å². The average molecular weight is 451 g/mol. The minimum Gasteiger partial charge on any atom is -0.478 e. The Bertz CT molecular complexity index is 1310. The number of nitrogens with zero attached hydrogens (tertiary/aromatic N) is 2. The summed E-state index contributed by atoms with van der Waals surface area (Å²) >= 11 is 0. The summed E-state index contributed by atoms with van der Waals surface area (Å²) in [6.07, 6.45) is 0. The second kappa shape index (κ2) is 9.63. The maximum atomic E-state index is 13.3. The summed E-state index contributed by atoms with van der Waals surface area (Å²) in [5.41, 5.74) is 5.61. The van der Waals surface area contributed by atoms with Crippen molar-refractivity contribution in [2.45, 2.75) is 6.92 Å². The molecule has 0 saturated carbocycles. The number of hydrogen-bond donors (Lipinski definition) is 1. The number of benzene rings is 4. The molecule has 0 fully saturated rings. The molecule has 5 nitrogen and oxygen atoms in total. The summed E-state index contributed by atoms with van der Waals surface area (Å²) in [4.78, 5) is 29.0. The quantitative estimate of drug-likeness (QED) is 0.327. The van der Waals surface area contributed by atoms with Crippen LogP contribution in [0.4, 0.5) is 22.7 Å². The van der Waals surface area contributed by atoms with Crippen LogP contribution in [0.5, 0.6) is 0 Å². The van der Waals surface area contributed by atoms with Gasteiger partial charge in [-0.15, -0.1) is 0 Å². The Morgan fingerprint density at radius 1 is 0.588 bits per heavy atom. The zero-order chi connectivity index (χ0) is 24.2. The standard InChI is InChI=1S/C29H26N2O3/c1-20-9-13-25(14-10-20)30(2)26-15-11-21(12-16-26)28(32)22-17-23(29(33)34)19-27(18-22)31(3)24-7-5-4-6-8-24/h4-19H,1-3H3,(H,33,34). The highest BCUT2D eigenvalue weighted by Gasteiger charge is 2.17. The number of para-hydroxylation sites is 1. The molecular weight excluding hydrogens is 424 g/mol. The number of carboxylic acids is 1. The summed E-state index contributed by atoms with van der Waals surface area (Å²) in [5.74, 6) is -1.30. The number of ketones is 1. The van der Waals surface area contributed by atoms with E-state index in [-0.39, 0.29) is 11.3 Å². The molecule has 1 N–H and O–H groups in total. The van der Waals surface area contributed by atoms with Gasteiger partial charge in [0.25, 0.3) is 0 Å². The van der Waals surface area contributed by atoms with Gasteiger partial charge in [0.05, 0.1) is 5.56 Å². The number of carboxylic acid groups (broad SMARTS) is 1. The van der Waals surface area contributed by atoms with Crippen LogP contribution in [0.2, 0.25) is 0 Å². The zero-order valence-electron chi connectivity index (χ0n) is 19.4. The molecule has 0 aliphatic rings. The second-order valence-corrected chi connectivity index (χ2v) is 8.24. The van der Waals surface area contributed by atoms with Crippen LogP contribution < -0.4 is 9.80 Å². The third-order valence-electron chi connectivity index (χ3n) is 5.90. The molecular formula is C29H26N2O3. The third-order valence-corrected chi connectivity index (χ3v) is 5.90. The SMILES string of the molecule is Cc1ccc(N(C)c2ccc(C(=O)c3cc(C(=O)O)cc(N(C)c4ccccc4)c3)cc2)cc1. The first-order chi connectivity index (χ1) is 16.3. The van der Waals surface area contributed by atoms with E-state index < -0.39 is 5.97 Å². The van der Waals surface area contributed by atoms with Crippen LogP contribution in [-0.4, -0.2) is 31.0 Å². The molecule has 0 unspecified atom stereocenters. The molecule has 0 radical (unpaired) electrons. The Balaban J connectivity index is 1.63. The van der Waals surface area contributed by atoms with Crippen molar-refractivity contribution in [2.24, 2.45) is 0 Å². The van der Waals surface area contributed by atoms with Crippen LogP contribution in [0.3, 0.4) is 0 Å². The van der Waals surface area contributed by atoms with Gasteiger partial charge < -0.3 is 14.9 Å². The van der Waals surface area contributed by atoms with Gasteiger partial charge in [0.2, 0.25) is 0 Å². The van der Waals surface area contributed by atoms with Crippen LogP contribution in [0.15, 0.2) is 97.1 Å². The fourth-order valence-electron chi connectivity index (χ4n) is 3.78. The van der Waals surface area contributed by atoms with Gasteiger partial charge >= 0.3 is 5.97 Å². The normalized spacial score (nSPS) is 10.6. The van der Waals surface area contributed by atoms with Crippen LogP contribution in [0.1, 0.15) is 31.8 Å². The van der Waals surface area contributed by atoms with Crippen molar-refractivity contribution in [3.63, 3.8) is 0 Å². The maximum absolute atomic E-state index is 13.3. The van der Waals surface area contributed by atoms with E-state index in [1.807, 2.05) is 73.3 Å². The summed E-state index contributed by atoms with van der Waals surface area (Å²) < 4.78 is 0. The number of rotatable bonds is 7.